The highest BCUT2D eigenvalue weighted by Crippen LogP contribution is 2.50. The van der Waals surface area contributed by atoms with Gasteiger partial charge in [-0.3, -0.25) is 9.59 Å². The van der Waals surface area contributed by atoms with E-state index in [2.05, 4.69) is 51.8 Å². The molecule has 1 aliphatic heterocycles. The number of aromatic nitrogens is 1. The molecule has 3 N–H and O–H groups in total. The van der Waals surface area contributed by atoms with Crippen molar-refractivity contribution in [2.45, 2.75) is 62.3 Å². The molecule has 42 heavy (non-hydrogen) atoms. The summed E-state index contributed by atoms with van der Waals surface area (Å²) in [6, 6.07) is 14.4. The highest BCUT2D eigenvalue weighted by atomic mass is 32.2. The summed E-state index contributed by atoms with van der Waals surface area (Å²) in [5.41, 5.74) is 11.6. The molecule has 2 unspecified atom stereocenters. The number of aliphatic hydroxyl groups excluding tert-OH is 1. The quantitative estimate of drug-likeness (QED) is 0.202. The molecule has 3 aromatic rings. The largest absolute Gasteiger partial charge is 0.393 e. The zero-order valence-corrected chi connectivity index (χ0v) is 24.4. The van der Waals surface area contributed by atoms with Crippen molar-refractivity contribution >= 4 is 45.5 Å². The molecule has 0 spiro atoms. The number of nitrogen functional groups attached to an aromatic ring is 1. The Labute approximate surface area is 250 Å². The molecule has 0 bridgehead atoms. The Morgan fingerprint density at radius 3 is 2.62 bits per heavy atom. The maximum Gasteiger partial charge on any atom is 0.179 e. The Balaban J connectivity index is 1.34. The SMILES string of the molecule is Nc1ccc(C(=O)C2C(=O)C=CC3=C2CCc2c3ccc3c(C4(N5C=CSC5CO)CCCCCC4)cccc23)cn1. The van der Waals surface area contributed by atoms with Crippen LogP contribution in [-0.2, 0) is 16.8 Å². The number of Topliss-reactive ketones (excluding diaryl/α,β-unsaturated/α-hetero) is 1. The average molecular weight is 578 g/mol. The number of anilines is 1. The first-order valence-corrected chi connectivity index (χ1v) is 15.9. The third-order valence-electron chi connectivity index (χ3n) is 9.68. The third kappa shape index (κ3) is 4.33. The Hall–Kier alpha value is -3.68. The van der Waals surface area contributed by atoms with Crippen LogP contribution in [-0.4, -0.2) is 38.5 Å². The van der Waals surface area contributed by atoms with Gasteiger partial charge in [0, 0.05) is 18.0 Å². The number of carbonyl (C=O) groups excluding carboxylic acids is 2. The highest BCUT2D eigenvalue weighted by molar-refractivity contribution is 8.02. The van der Waals surface area contributed by atoms with Crippen LogP contribution in [0.25, 0.3) is 16.3 Å². The van der Waals surface area contributed by atoms with Gasteiger partial charge in [0.15, 0.2) is 11.6 Å². The lowest BCUT2D eigenvalue weighted by atomic mass is 9.72. The molecule has 1 aromatic heterocycles. The number of nitrogens with zero attached hydrogens (tertiary/aromatic N) is 2. The molecule has 4 aliphatic rings. The minimum Gasteiger partial charge on any atom is -0.393 e. The van der Waals surface area contributed by atoms with E-state index >= 15 is 0 Å². The fourth-order valence-corrected chi connectivity index (χ4v) is 8.60. The van der Waals surface area contributed by atoms with E-state index in [1.165, 1.54) is 53.8 Å². The maximum absolute atomic E-state index is 13.6. The van der Waals surface area contributed by atoms with Crippen LogP contribution in [0.5, 0.6) is 0 Å². The molecule has 3 aliphatic carbocycles. The fourth-order valence-electron chi connectivity index (χ4n) is 7.73. The van der Waals surface area contributed by atoms with Crippen molar-refractivity contribution in [3.8, 4) is 0 Å². The topological polar surface area (TPSA) is 96.5 Å². The number of hydrogen-bond acceptors (Lipinski definition) is 7. The van der Waals surface area contributed by atoms with E-state index in [0.29, 0.717) is 17.8 Å². The van der Waals surface area contributed by atoms with Crippen LogP contribution >= 0.6 is 11.8 Å². The summed E-state index contributed by atoms with van der Waals surface area (Å²) in [6.07, 6.45) is 15.5. The molecule has 0 radical (unpaired) electrons. The monoisotopic (exact) mass is 577 g/mol. The minimum absolute atomic E-state index is 0.0272. The van der Waals surface area contributed by atoms with Gasteiger partial charge in [-0.15, -0.1) is 11.8 Å². The van der Waals surface area contributed by atoms with Crippen LogP contribution in [0, 0.1) is 5.92 Å². The van der Waals surface area contributed by atoms with Gasteiger partial charge in [-0.25, -0.2) is 4.98 Å². The van der Waals surface area contributed by atoms with Gasteiger partial charge in [0.2, 0.25) is 0 Å². The van der Waals surface area contributed by atoms with Gasteiger partial charge >= 0.3 is 0 Å². The van der Waals surface area contributed by atoms with Crippen molar-refractivity contribution in [3.05, 3.63) is 100 Å². The van der Waals surface area contributed by atoms with Crippen molar-refractivity contribution in [2.24, 2.45) is 5.92 Å². The summed E-state index contributed by atoms with van der Waals surface area (Å²) >= 11 is 1.70. The second kappa shape index (κ2) is 10.9. The number of allylic oxidation sites excluding steroid dienone is 4. The number of ketones is 2. The van der Waals surface area contributed by atoms with E-state index in [1.54, 1.807) is 30.0 Å². The van der Waals surface area contributed by atoms with Crippen LogP contribution in [0.1, 0.15) is 72.0 Å². The molecule has 7 heteroatoms. The standard InChI is InChI=1S/C35H35N3O3S/c36-31-15-8-22(20-37-31)34(41)33-28-12-10-24-23-6-5-7-29(27(23)11-9-25(24)26(28)13-14-30(33)40)35(16-3-1-2-4-17-35)38-18-19-42-32(38)21-39/h5-9,11,13-15,18-20,32-33,39H,1-4,10,12,16-17,21H2,(H2,36,37). The Morgan fingerprint density at radius 2 is 1.86 bits per heavy atom. The highest BCUT2D eigenvalue weighted by Gasteiger charge is 2.43. The summed E-state index contributed by atoms with van der Waals surface area (Å²) in [4.78, 5) is 33.2. The van der Waals surface area contributed by atoms with E-state index in [0.717, 1.165) is 36.0 Å². The molecule has 1 saturated carbocycles. The van der Waals surface area contributed by atoms with Gasteiger partial charge in [0.1, 0.15) is 17.1 Å². The molecule has 6 nitrogen and oxygen atoms in total. The van der Waals surface area contributed by atoms with Gasteiger partial charge in [-0.1, -0.05) is 62.1 Å². The van der Waals surface area contributed by atoms with Gasteiger partial charge < -0.3 is 15.7 Å². The number of aryl methyl sites for hydroxylation is 1. The van der Waals surface area contributed by atoms with E-state index in [4.69, 9.17) is 5.73 Å². The molecular formula is C35H35N3O3S. The first-order valence-electron chi connectivity index (χ1n) is 15.0. The second-order valence-electron chi connectivity index (χ2n) is 11.8. The summed E-state index contributed by atoms with van der Waals surface area (Å²) in [5.74, 6) is -0.876. The predicted molar refractivity (Wildman–Crippen MR) is 169 cm³/mol. The number of thioether (sulfide) groups is 1. The maximum atomic E-state index is 13.6. The third-order valence-corrected chi connectivity index (χ3v) is 10.7. The molecule has 7 rings (SSSR count). The summed E-state index contributed by atoms with van der Waals surface area (Å²) < 4.78 is 0. The number of aliphatic hydroxyl groups is 1. The fraction of sp³-hybridized carbons (Fsp3) is 0.343. The first kappa shape index (κ1) is 27.2. The average Bonchev–Trinajstić information content (AvgIpc) is 3.37. The number of benzene rings is 2. The Bertz CT molecular complexity index is 1660. The zero-order valence-electron chi connectivity index (χ0n) is 23.6. The number of fused-ring (bicyclic) bond motifs is 4. The molecular weight excluding hydrogens is 542 g/mol. The summed E-state index contributed by atoms with van der Waals surface area (Å²) in [5, 5.41) is 14.9. The van der Waals surface area contributed by atoms with Gasteiger partial charge in [-0.05, 0) is 87.9 Å². The predicted octanol–water partition coefficient (Wildman–Crippen LogP) is 6.54. The number of hydrogen-bond donors (Lipinski definition) is 2. The lowest BCUT2D eigenvalue weighted by Crippen LogP contribution is -2.47. The van der Waals surface area contributed by atoms with E-state index in [-0.39, 0.29) is 29.1 Å². The molecule has 214 valence electrons. The minimum atomic E-state index is -0.824. The van der Waals surface area contributed by atoms with E-state index < -0.39 is 5.92 Å². The molecule has 0 saturated heterocycles. The van der Waals surface area contributed by atoms with Crippen molar-refractivity contribution in [1.82, 2.24) is 9.88 Å². The van der Waals surface area contributed by atoms with Crippen molar-refractivity contribution in [3.63, 3.8) is 0 Å². The Kier molecular flexibility index (Phi) is 7.03. The first-order chi connectivity index (χ1) is 20.5. The lowest BCUT2D eigenvalue weighted by molar-refractivity contribution is -0.116. The molecule has 1 fully saturated rings. The molecule has 2 atom stereocenters. The summed E-state index contributed by atoms with van der Waals surface area (Å²) in [6.45, 7) is 0.119. The van der Waals surface area contributed by atoms with Crippen LogP contribution in [0.4, 0.5) is 5.82 Å². The van der Waals surface area contributed by atoms with E-state index in [1.807, 2.05) is 6.08 Å². The molecule has 0 amide bonds. The van der Waals surface area contributed by atoms with Crippen molar-refractivity contribution in [1.29, 1.82) is 0 Å². The Morgan fingerprint density at radius 1 is 1.02 bits per heavy atom. The van der Waals surface area contributed by atoms with Crippen LogP contribution < -0.4 is 5.73 Å². The number of pyridine rings is 1. The molecule has 2 heterocycles. The zero-order chi connectivity index (χ0) is 28.8. The van der Waals surface area contributed by atoms with Crippen LogP contribution in [0.15, 0.2) is 78.0 Å². The number of rotatable bonds is 5. The second-order valence-corrected chi connectivity index (χ2v) is 12.9. The van der Waals surface area contributed by atoms with Crippen LogP contribution in [0.2, 0.25) is 0 Å². The van der Waals surface area contributed by atoms with Gasteiger partial charge in [0.05, 0.1) is 12.1 Å². The smallest absolute Gasteiger partial charge is 0.179 e. The lowest BCUT2D eigenvalue weighted by Gasteiger charge is -2.46. The number of nitrogens with two attached hydrogens (primary N) is 1. The van der Waals surface area contributed by atoms with E-state index in [9.17, 15) is 14.7 Å². The van der Waals surface area contributed by atoms with Crippen LogP contribution in [0.3, 0.4) is 0 Å². The van der Waals surface area contributed by atoms with Gasteiger partial charge in [0.25, 0.3) is 0 Å². The number of carbonyl (C=O) groups is 2. The molecule has 2 aromatic carbocycles. The van der Waals surface area contributed by atoms with Crippen molar-refractivity contribution in [2.75, 3.05) is 12.3 Å². The van der Waals surface area contributed by atoms with Gasteiger partial charge in [-0.2, -0.15) is 0 Å². The normalized spacial score (nSPS) is 23.2. The summed E-state index contributed by atoms with van der Waals surface area (Å²) in [7, 11) is 0. The van der Waals surface area contributed by atoms with Crippen molar-refractivity contribution < 1.29 is 14.7 Å².